The molecule has 1 aromatic rings. The van der Waals surface area contributed by atoms with Crippen molar-refractivity contribution >= 4 is 11.8 Å². The lowest BCUT2D eigenvalue weighted by Gasteiger charge is -2.30. The highest BCUT2D eigenvalue weighted by molar-refractivity contribution is 5.86. The number of rotatable bonds is 3. The molecule has 2 unspecified atom stereocenters. The third-order valence-electron chi connectivity index (χ3n) is 4.26. The molecule has 2 amide bonds. The van der Waals surface area contributed by atoms with Crippen molar-refractivity contribution in [3.63, 3.8) is 0 Å². The second-order valence-electron chi connectivity index (χ2n) is 5.87. The molecule has 23 heavy (non-hydrogen) atoms. The topological polar surface area (TPSA) is 70.1 Å². The first-order valence-corrected chi connectivity index (χ1v) is 7.63. The highest BCUT2D eigenvalue weighted by Gasteiger charge is 2.36. The van der Waals surface area contributed by atoms with Gasteiger partial charge in [0.05, 0.1) is 25.3 Å². The zero-order chi connectivity index (χ0) is 16.4. The van der Waals surface area contributed by atoms with Gasteiger partial charge >= 0.3 is 0 Å². The monoisotopic (exact) mass is 322 g/mol. The summed E-state index contributed by atoms with van der Waals surface area (Å²) < 4.78 is 18.1. The first kappa shape index (κ1) is 15.9. The summed E-state index contributed by atoms with van der Waals surface area (Å²) in [5, 5.41) is 9.92. The number of hydrogen-bond donors (Lipinski definition) is 1. The Labute approximate surface area is 133 Å². The van der Waals surface area contributed by atoms with Gasteiger partial charge in [0.25, 0.3) is 0 Å². The van der Waals surface area contributed by atoms with Gasteiger partial charge in [0.1, 0.15) is 12.4 Å². The lowest BCUT2D eigenvalue weighted by atomic mass is 10.0. The van der Waals surface area contributed by atoms with Gasteiger partial charge in [-0.2, -0.15) is 0 Å². The molecular formula is C16H19FN2O4. The van der Waals surface area contributed by atoms with Crippen molar-refractivity contribution in [3.8, 4) is 0 Å². The van der Waals surface area contributed by atoms with Crippen molar-refractivity contribution in [2.75, 3.05) is 32.8 Å². The predicted molar refractivity (Wildman–Crippen MR) is 78.9 cm³/mol. The van der Waals surface area contributed by atoms with Crippen molar-refractivity contribution in [2.45, 2.75) is 18.6 Å². The number of nitrogens with zero attached hydrogens (tertiary/aromatic N) is 2. The molecule has 6 nitrogen and oxygen atoms in total. The smallest absolute Gasteiger partial charge is 0.249 e. The van der Waals surface area contributed by atoms with E-state index in [-0.39, 0.29) is 43.4 Å². The van der Waals surface area contributed by atoms with Gasteiger partial charge in [-0.25, -0.2) is 4.39 Å². The Bertz CT molecular complexity index is 592. The van der Waals surface area contributed by atoms with E-state index >= 15 is 0 Å². The number of morpholine rings is 1. The zero-order valence-electron chi connectivity index (χ0n) is 12.7. The number of ether oxygens (including phenoxy) is 1. The van der Waals surface area contributed by atoms with Gasteiger partial charge < -0.3 is 19.6 Å². The van der Waals surface area contributed by atoms with E-state index in [1.54, 1.807) is 17.0 Å². The third kappa shape index (κ3) is 3.51. The van der Waals surface area contributed by atoms with Crippen LogP contribution < -0.4 is 0 Å². The van der Waals surface area contributed by atoms with Crippen molar-refractivity contribution < 1.29 is 23.8 Å². The molecule has 0 aliphatic carbocycles. The number of likely N-dealkylation sites (tertiary alicyclic amines) is 1. The first-order valence-electron chi connectivity index (χ1n) is 7.63. The van der Waals surface area contributed by atoms with E-state index in [0.29, 0.717) is 19.6 Å². The largest absolute Gasteiger partial charge is 0.391 e. The summed E-state index contributed by atoms with van der Waals surface area (Å²) in [5.41, 5.74) is 0.782. The molecule has 2 aliphatic rings. The van der Waals surface area contributed by atoms with E-state index in [0.717, 1.165) is 5.56 Å². The maximum atomic E-state index is 13.1. The molecule has 0 radical (unpaired) electrons. The van der Waals surface area contributed by atoms with Crippen LogP contribution in [0.1, 0.15) is 18.0 Å². The Balaban J connectivity index is 1.72. The van der Waals surface area contributed by atoms with Gasteiger partial charge in [0.2, 0.25) is 11.8 Å². The van der Waals surface area contributed by atoms with Gasteiger partial charge in [0, 0.05) is 13.1 Å². The fourth-order valence-corrected chi connectivity index (χ4v) is 3.06. The highest BCUT2D eigenvalue weighted by atomic mass is 19.1. The van der Waals surface area contributed by atoms with Gasteiger partial charge in [-0.1, -0.05) is 12.1 Å². The number of aliphatic hydroxyl groups is 1. The summed E-state index contributed by atoms with van der Waals surface area (Å²) in [4.78, 5) is 27.3. The average Bonchev–Trinajstić information content (AvgIpc) is 2.92. The highest BCUT2D eigenvalue weighted by Crippen LogP contribution is 2.32. The standard InChI is InChI=1S/C16H19FN2O4/c17-12-3-1-11(2-4-12)14-7-13(20)8-19(14)15(21)9-18-5-6-23-10-16(18)22/h1-4,13-14,20H,5-10H2. The maximum absolute atomic E-state index is 13.1. The summed E-state index contributed by atoms with van der Waals surface area (Å²) in [6.45, 7) is 1.01. The van der Waals surface area contributed by atoms with Crippen molar-refractivity contribution in [1.82, 2.24) is 9.80 Å². The quantitative estimate of drug-likeness (QED) is 0.870. The minimum absolute atomic E-state index is 0.00268. The Kier molecular flexibility index (Phi) is 4.58. The number of halogens is 1. The molecule has 0 aromatic heterocycles. The molecule has 2 atom stereocenters. The number of benzene rings is 1. The van der Waals surface area contributed by atoms with Crippen LogP contribution in [0.2, 0.25) is 0 Å². The molecule has 0 saturated carbocycles. The van der Waals surface area contributed by atoms with E-state index in [1.807, 2.05) is 0 Å². The van der Waals surface area contributed by atoms with Crippen LogP contribution in [0.25, 0.3) is 0 Å². The summed E-state index contributed by atoms with van der Waals surface area (Å²) in [5.74, 6) is -0.766. The minimum Gasteiger partial charge on any atom is -0.391 e. The maximum Gasteiger partial charge on any atom is 0.249 e. The lowest BCUT2D eigenvalue weighted by Crippen LogP contribution is -2.48. The Hall–Kier alpha value is -1.99. The SMILES string of the molecule is O=C1COCCN1CC(=O)N1CC(O)CC1c1ccc(F)cc1. The van der Waals surface area contributed by atoms with Crippen LogP contribution in [0.5, 0.6) is 0 Å². The molecular weight excluding hydrogens is 303 g/mol. The van der Waals surface area contributed by atoms with Crippen LogP contribution in [0.3, 0.4) is 0 Å². The number of carbonyl (C=O) groups excluding carboxylic acids is 2. The third-order valence-corrected chi connectivity index (χ3v) is 4.26. The van der Waals surface area contributed by atoms with E-state index in [9.17, 15) is 19.1 Å². The average molecular weight is 322 g/mol. The second kappa shape index (κ2) is 6.64. The van der Waals surface area contributed by atoms with E-state index < -0.39 is 6.10 Å². The number of aliphatic hydroxyl groups excluding tert-OH is 1. The molecule has 2 heterocycles. The van der Waals surface area contributed by atoms with E-state index in [4.69, 9.17) is 4.74 Å². The van der Waals surface area contributed by atoms with E-state index in [2.05, 4.69) is 0 Å². The van der Waals surface area contributed by atoms with Crippen LogP contribution >= 0.6 is 0 Å². The Morgan fingerprint density at radius 1 is 1.35 bits per heavy atom. The van der Waals surface area contributed by atoms with Gasteiger partial charge in [-0.05, 0) is 24.1 Å². The molecule has 0 bridgehead atoms. The van der Waals surface area contributed by atoms with Gasteiger partial charge in [-0.3, -0.25) is 9.59 Å². The van der Waals surface area contributed by atoms with E-state index in [1.165, 1.54) is 17.0 Å². The number of hydrogen-bond acceptors (Lipinski definition) is 4. The fraction of sp³-hybridized carbons (Fsp3) is 0.500. The van der Waals surface area contributed by atoms with Crippen LogP contribution in [-0.4, -0.2) is 65.7 Å². The van der Waals surface area contributed by atoms with Gasteiger partial charge in [0.15, 0.2) is 0 Å². The summed E-state index contributed by atoms with van der Waals surface area (Å²) in [6.07, 6.45) is -0.205. The molecule has 7 heteroatoms. The lowest BCUT2D eigenvalue weighted by molar-refractivity contribution is -0.148. The van der Waals surface area contributed by atoms with Crippen LogP contribution in [0.15, 0.2) is 24.3 Å². The van der Waals surface area contributed by atoms with Crippen LogP contribution in [-0.2, 0) is 14.3 Å². The molecule has 0 spiro atoms. The Morgan fingerprint density at radius 2 is 2.09 bits per heavy atom. The summed E-state index contributed by atoms with van der Waals surface area (Å²) in [6, 6.07) is 5.63. The van der Waals surface area contributed by atoms with Crippen molar-refractivity contribution in [3.05, 3.63) is 35.6 Å². The Morgan fingerprint density at radius 3 is 2.78 bits per heavy atom. The molecule has 3 rings (SSSR count). The van der Waals surface area contributed by atoms with Crippen LogP contribution in [0.4, 0.5) is 4.39 Å². The molecule has 2 fully saturated rings. The first-order chi connectivity index (χ1) is 11.0. The zero-order valence-corrected chi connectivity index (χ0v) is 12.7. The number of β-amino-alcohol motifs (C(OH)–C–C–N with tert-alkyl or cyclic N) is 1. The number of carbonyl (C=O) groups is 2. The summed E-state index contributed by atoms with van der Waals surface area (Å²) >= 11 is 0. The van der Waals surface area contributed by atoms with Gasteiger partial charge in [-0.15, -0.1) is 0 Å². The fourth-order valence-electron chi connectivity index (χ4n) is 3.06. The summed E-state index contributed by atoms with van der Waals surface area (Å²) in [7, 11) is 0. The van der Waals surface area contributed by atoms with Crippen molar-refractivity contribution in [1.29, 1.82) is 0 Å². The molecule has 2 aliphatic heterocycles. The second-order valence-corrected chi connectivity index (χ2v) is 5.87. The van der Waals surface area contributed by atoms with Crippen LogP contribution in [0, 0.1) is 5.82 Å². The predicted octanol–water partition coefficient (Wildman–Crippen LogP) is 0.319. The normalized spacial score (nSPS) is 25.0. The molecule has 2 saturated heterocycles. The minimum atomic E-state index is -0.616. The molecule has 124 valence electrons. The number of amides is 2. The molecule has 1 N–H and O–H groups in total. The van der Waals surface area contributed by atoms with Crippen molar-refractivity contribution in [2.24, 2.45) is 0 Å². The molecule has 1 aromatic carbocycles.